The van der Waals surface area contributed by atoms with Crippen molar-refractivity contribution in [2.24, 2.45) is 0 Å². The van der Waals surface area contributed by atoms with Crippen molar-refractivity contribution in [2.45, 2.75) is 26.3 Å². The first-order valence-electron chi connectivity index (χ1n) is 6.92. The number of methoxy groups -OCH3 is 1. The molecule has 1 amide bonds. The van der Waals surface area contributed by atoms with Gasteiger partial charge in [0.25, 0.3) is 0 Å². The molecule has 0 spiro atoms. The summed E-state index contributed by atoms with van der Waals surface area (Å²) >= 11 is 0. The zero-order valence-electron chi connectivity index (χ0n) is 12.5. The summed E-state index contributed by atoms with van der Waals surface area (Å²) in [7, 11) is 3.29. The van der Waals surface area contributed by atoms with Gasteiger partial charge in [-0.3, -0.25) is 4.79 Å². The Kier molecular flexibility index (Phi) is 7.50. The number of amides is 1. The molecule has 0 aliphatic heterocycles. The van der Waals surface area contributed by atoms with Gasteiger partial charge in [0.15, 0.2) is 0 Å². The Bertz CT molecular complexity index is 422. The van der Waals surface area contributed by atoms with E-state index in [0.29, 0.717) is 19.4 Å². The molecule has 1 aromatic carbocycles. The van der Waals surface area contributed by atoms with Crippen LogP contribution in [0.4, 0.5) is 0 Å². The highest BCUT2D eigenvalue weighted by Crippen LogP contribution is 2.24. The van der Waals surface area contributed by atoms with E-state index in [-0.39, 0.29) is 5.91 Å². The van der Waals surface area contributed by atoms with E-state index in [0.717, 1.165) is 30.2 Å². The normalized spacial score (nSPS) is 10.2. The second-order valence-corrected chi connectivity index (χ2v) is 4.38. The SMILES string of the molecule is CCNCc1cc(OC)ccc1OCCCC(=O)NC. The topological polar surface area (TPSA) is 59.6 Å². The molecule has 0 saturated carbocycles. The van der Waals surface area contributed by atoms with Gasteiger partial charge in [-0.15, -0.1) is 0 Å². The third-order valence-corrected chi connectivity index (χ3v) is 2.92. The molecular formula is C15H24N2O3. The predicted octanol–water partition coefficient (Wildman–Crippen LogP) is 1.71. The lowest BCUT2D eigenvalue weighted by Crippen LogP contribution is -2.18. The van der Waals surface area contributed by atoms with Crippen LogP contribution >= 0.6 is 0 Å². The summed E-state index contributed by atoms with van der Waals surface area (Å²) in [6.45, 7) is 4.22. The van der Waals surface area contributed by atoms with Crippen LogP contribution in [0.1, 0.15) is 25.3 Å². The maximum absolute atomic E-state index is 11.1. The van der Waals surface area contributed by atoms with Gasteiger partial charge in [-0.2, -0.15) is 0 Å². The van der Waals surface area contributed by atoms with Gasteiger partial charge in [0, 0.05) is 25.6 Å². The molecule has 0 atom stereocenters. The van der Waals surface area contributed by atoms with Gasteiger partial charge in [0.2, 0.25) is 5.91 Å². The molecule has 2 N–H and O–H groups in total. The molecule has 5 heteroatoms. The summed E-state index contributed by atoms with van der Waals surface area (Å²) in [6.07, 6.45) is 1.18. The number of carbonyl (C=O) groups is 1. The summed E-state index contributed by atoms with van der Waals surface area (Å²) < 4.78 is 11.0. The van der Waals surface area contributed by atoms with E-state index < -0.39 is 0 Å². The van der Waals surface area contributed by atoms with E-state index in [4.69, 9.17) is 9.47 Å². The number of hydrogen-bond donors (Lipinski definition) is 2. The quantitative estimate of drug-likeness (QED) is 0.676. The fraction of sp³-hybridized carbons (Fsp3) is 0.533. The molecule has 0 bridgehead atoms. The summed E-state index contributed by atoms with van der Waals surface area (Å²) in [5.74, 6) is 1.69. The van der Waals surface area contributed by atoms with Crippen LogP contribution in [0, 0.1) is 0 Å². The molecule has 5 nitrogen and oxygen atoms in total. The number of ether oxygens (including phenoxy) is 2. The number of rotatable bonds is 9. The minimum absolute atomic E-state index is 0.0382. The zero-order valence-corrected chi connectivity index (χ0v) is 12.5. The van der Waals surface area contributed by atoms with Crippen molar-refractivity contribution in [3.8, 4) is 11.5 Å². The molecule has 0 aromatic heterocycles. The van der Waals surface area contributed by atoms with Gasteiger partial charge in [0.05, 0.1) is 13.7 Å². The Morgan fingerprint density at radius 1 is 1.35 bits per heavy atom. The van der Waals surface area contributed by atoms with E-state index in [1.165, 1.54) is 0 Å². The molecule has 1 aromatic rings. The molecule has 1 rings (SSSR count). The average molecular weight is 280 g/mol. The fourth-order valence-electron chi connectivity index (χ4n) is 1.76. The summed E-state index contributed by atoms with van der Waals surface area (Å²) in [5.41, 5.74) is 1.06. The maximum atomic E-state index is 11.1. The molecular weight excluding hydrogens is 256 g/mol. The van der Waals surface area contributed by atoms with Crippen molar-refractivity contribution in [2.75, 3.05) is 27.3 Å². The van der Waals surface area contributed by atoms with E-state index in [1.807, 2.05) is 18.2 Å². The number of hydrogen-bond acceptors (Lipinski definition) is 4. The highest BCUT2D eigenvalue weighted by molar-refractivity contribution is 5.75. The van der Waals surface area contributed by atoms with Crippen molar-refractivity contribution in [1.82, 2.24) is 10.6 Å². The Morgan fingerprint density at radius 3 is 2.80 bits per heavy atom. The molecule has 0 saturated heterocycles. The van der Waals surface area contributed by atoms with Crippen LogP contribution in [-0.4, -0.2) is 33.2 Å². The smallest absolute Gasteiger partial charge is 0.219 e. The van der Waals surface area contributed by atoms with Gasteiger partial charge in [-0.05, 0) is 31.2 Å². The first kappa shape index (κ1) is 16.3. The summed E-state index contributed by atoms with van der Waals surface area (Å²) in [6, 6.07) is 5.76. The second-order valence-electron chi connectivity index (χ2n) is 4.38. The van der Waals surface area contributed by atoms with E-state index in [1.54, 1.807) is 14.2 Å². The molecule has 0 fully saturated rings. The predicted molar refractivity (Wildman–Crippen MR) is 79.2 cm³/mol. The Morgan fingerprint density at radius 2 is 2.15 bits per heavy atom. The lowest BCUT2D eigenvalue weighted by atomic mass is 10.2. The first-order chi connectivity index (χ1) is 9.71. The molecule has 112 valence electrons. The van der Waals surface area contributed by atoms with Crippen LogP contribution in [0.2, 0.25) is 0 Å². The monoisotopic (exact) mass is 280 g/mol. The number of nitrogens with one attached hydrogen (secondary N) is 2. The average Bonchev–Trinajstić information content (AvgIpc) is 2.49. The standard InChI is InChI=1S/C15H24N2O3/c1-4-17-11-12-10-13(19-3)7-8-14(12)20-9-5-6-15(18)16-2/h7-8,10,17H,4-6,9,11H2,1-3H3,(H,16,18). The fourth-order valence-corrected chi connectivity index (χ4v) is 1.76. The summed E-state index contributed by atoms with van der Waals surface area (Å²) in [5, 5.41) is 5.87. The van der Waals surface area contributed by atoms with E-state index in [9.17, 15) is 4.79 Å². The van der Waals surface area contributed by atoms with Crippen LogP contribution in [0.25, 0.3) is 0 Å². The van der Waals surface area contributed by atoms with Gasteiger partial charge in [-0.1, -0.05) is 6.92 Å². The minimum atomic E-state index is 0.0382. The van der Waals surface area contributed by atoms with Crippen molar-refractivity contribution in [3.63, 3.8) is 0 Å². The molecule has 0 aliphatic rings. The van der Waals surface area contributed by atoms with Gasteiger partial charge >= 0.3 is 0 Å². The van der Waals surface area contributed by atoms with Crippen molar-refractivity contribution in [3.05, 3.63) is 23.8 Å². The largest absolute Gasteiger partial charge is 0.497 e. The van der Waals surface area contributed by atoms with Crippen LogP contribution in [0.5, 0.6) is 11.5 Å². The highest BCUT2D eigenvalue weighted by atomic mass is 16.5. The molecule has 20 heavy (non-hydrogen) atoms. The van der Waals surface area contributed by atoms with Crippen LogP contribution in [-0.2, 0) is 11.3 Å². The summed E-state index contributed by atoms with van der Waals surface area (Å²) in [4.78, 5) is 11.1. The number of carbonyl (C=O) groups excluding carboxylic acids is 1. The first-order valence-corrected chi connectivity index (χ1v) is 6.92. The Hall–Kier alpha value is -1.75. The van der Waals surface area contributed by atoms with Gasteiger partial charge in [0.1, 0.15) is 11.5 Å². The maximum Gasteiger partial charge on any atom is 0.219 e. The minimum Gasteiger partial charge on any atom is -0.497 e. The van der Waals surface area contributed by atoms with Crippen molar-refractivity contribution in [1.29, 1.82) is 0 Å². The van der Waals surface area contributed by atoms with E-state index >= 15 is 0 Å². The van der Waals surface area contributed by atoms with Crippen LogP contribution < -0.4 is 20.1 Å². The van der Waals surface area contributed by atoms with Crippen molar-refractivity contribution >= 4 is 5.91 Å². The Labute approximate surface area is 120 Å². The van der Waals surface area contributed by atoms with Crippen LogP contribution in [0.3, 0.4) is 0 Å². The van der Waals surface area contributed by atoms with Crippen molar-refractivity contribution < 1.29 is 14.3 Å². The second kappa shape index (κ2) is 9.20. The molecule has 0 heterocycles. The number of benzene rings is 1. The van der Waals surface area contributed by atoms with E-state index in [2.05, 4.69) is 17.6 Å². The third-order valence-electron chi connectivity index (χ3n) is 2.92. The molecule has 0 radical (unpaired) electrons. The molecule has 0 aliphatic carbocycles. The lowest BCUT2D eigenvalue weighted by molar-refractivity contribution is -0.120. The van der Waals surface area contributed by atoms with Gasteiger partial charge in [-0.25, -0.2) is 0 Å². The lowest BCUT2D eigenvalue weighted by Gasteiger charge is -2.13. The highest BCUT2D eigenvalue weighted by Gasteiger charge is 2.06. The van der Waals surface area contributed by atoms with Gasteiger partial charge < -0.3 is 20.1 Å². The molecule has 0 unspecified atom stereocenters. The van der Waals surface area contributed by atoms with Crippen LogP contribution in [0.15, 0.2) is 18.2 Å². The zero-order chi connectivity index (χ0) is 14.8. The third kappa shape index (κ3) is 5.48. The Balaban J connectivity index is 2.56.